The van der Waals surface area contributed by atoms with Gasteiger partial charge in [-0.05, 0) is 49.6 Å². The van der Waals surface area contributed by atoms with Gasteiger partial charge in [0.1, 0.15) is 0 Å². The number of hydrogen-bond acceptors (Lipinski definition) is 3. The van der Waals surface area contributed by atoms with Crippen LogP contribution in [-0.2, 0) is 10.0 Å². The summed E-state index contributed by atoms with van der Waals surface area (Å²) in [6.45, 7) is 1.90. The monoisotopic (exact) mass is 330 g/mol. The van der Waals surface area contributed by atoms with Gasteiger partial charge in [0.25, 0.3) is 5.91 Å². The zero-order valence-corrected chi connectivity index (χ0v) is 13.6. The number of anilines is 1. The van der Waals surface area contributed by atoms with Gasteiger partial charge < -0.3 is 5.32 Å². The molecule has 2 N–H and O–H groups in total. The van der Waals surface area contributed by atoms with Crippen molar-refractivity contribution >= 4 is 21.6 Å². The maximum absolute atomic E-state index is 12.4. The van der Waals surface area contributed by atoms with Crippen LogP contribution in [0.2, 0.25) is 0 Å². The Morgan fingerprint density at radius 2 is 1.83 bits per heavy atom. The van der Waals surface area contributed by atoms with Crippen molar-refractivity contribution in [3.05, 3.63) is 59.7 Å². The molecule has 0 aromatic heterocycles. The van der Waals surface area contributed by atoms with Gasteiger partial charge in [-0.3, -0.25) is 4.79 Å². The Hall–Kier alpha value is -2.18. The summed E-state index contributed by atoms with van der Waals surface area (Å²) in [5.41, 5.74) is 1.97. The fourth-order valence-electron chi connectivity index (χ4n) is 2.20. The minimum absolute atomic E-state index is 0.0319. The SMILES string of the molecule is Cc1ccccc1NC(=O)c1cccc(S(=O)(=O)NC2CC2)c1. The van der Waals surface area contributed by atoms with Crippen molar-refractivity contribution in [2.24, 2.45) is 0 Å². The van der Waals surface area contributed by atoms with Crippen molar-refractivity contribution < 1.29 is 13.2 Å². The van der Waals surface area contributed by atoms with Crippen LogP contribution in [-0.4, -0.2) is 20.4 Å². The maximum Gasteiger partial charge on any atom is 0.255 e. The molecule has 1 amide bonds. The third-order valence-corrected chi connectivity index (χ3v) is 5.22. The molecular weight excluding hydrogens is 312 g/mol. The highest BCUT2D eigenvalue weighted by molar-refractivity contribution is 7.89. The molecule has 0 bridgehead atoms. The number of nitrogens with one attached hydrogen (secondary N) is 2. The van der Waals surface area contributed by atoms with Crippen molar-refractivity contribution in [3.8, 4) is 0 Å². The Labute approximate surface area is 135 Å². The lowest BCUT2D eigenvalue weighted by Crippen LogP contribution is -2.26. The summed E-state index contributed by atoms with van der Waals surface area (Å²) in [6, 6.07) is 13.5. The highest BCUT2D eigenvalue weighted by atomic mass is 32.2. The minimum Gasteiger partial charge on any atom is -0.322 e. The number of carbonyl (C=O) groups excluding carboxylic acids is 1. The summed E-state index contributed by atoms with van der Waals surface area (Å²) in [5.74, 6) is -0.331. The lowest BCUT2D eigenvalue weighted by molar-refractivity contribution is 0.102. The normalized spacial score (nSPS) is 14.5. The fraction of sp³-hybridized carbons (Fsp3) is 0.235. The summed E-state index contributed by atoms with van der Waals surface area (Å²) in [7, 11) is -3.56. The Balaban J connectivity index is 1.81. The van der Waals surface area contributed by atoms with Crippen LogP contribution in [0, 0.1) is 6.92 Å². The van der Waals surface area contributed by atoms with Gasteiger partial charge in [0.15, 0.2) is 0 Å². The zero-order valence-electron chi connectivity index (χ0n) is 12.7. The van der Waals surface area contributed by atoms with Crippen LogP contribution in [0.15, 0.2) is 53.4 Å². The van der Waals surface area contributed by atoms with E-state index in [-0.39, 0.29) is 16.8 Å². The van der Waals surface area contributed by atoms with E-state index in [1.807, 2.05) is 31.2 Å². The Morgan fingerprint density at radius 1 is 1.09 bits per heavy atom. The van der Waals surface area contributed by atoms with Crippen LogP contribution in [0.5, 0.6) is 0 Å². The predicted molar refractivity (Wildman–Crippen MR) is 88.9 cm³/mol. The van der Waals surface area contributed by atoms with Crippen LogP contribution >= 0.6 is 0 Å². The second-order valence-electron chi connectivity index (χ2n) is 5.69. The number of hydrogen-bond donors (Lipinski definition) is 2. The average molecular weight is 330 g/mol. The summed E-state index contributed by atoms with van der Waals surface area (Å²) in [6.07, 6.45) is 1.74. The first-order chi connectivity index (χ1) is 11.0. The number of amides is 1. The van der Waals surface area contributed by atoms with Crippen molar-refractivity contribution in [2.45, 2.75) is 30.7 Å². The summed E-state index contributed by atoms with van der Waals surface area (Å²) in [4.78, 5) is 12.5. The van der Waals surface area contributed by atoms with Gasteiger partial charge in [0.2, 0.25) is 10.0 Å². The number of para-hydroxylation sites is 1. The van der Waals surface area contributed by atoms with E-state index in [0.717, 1.165) is 18.4 Å². The van der Waals surface area contributed by atoms with E-state index in [1.165, 1.54) is 12.1 Å². The number of rotatable bonds is 5. The first kappa shape index (κ1) is 15.7. The van der Waals surface area contributed by atoms with Gasteiger partial charge in [-0.1, -0.05) is 24.3 Å². The number of benzene rings is 2. The second-order valence-corrected chi connectivity index (χ2v) is 7.41. The van der Waals surface area contributed by atoms with Crippen molar-refractivity contribution in [3.63, 3.8) is 0 Å². The molecule has 6 heteroatoms. The van der Waals surface area contributed by atoms with Crippen LogP contribution in [0.1, 0.15) is 28.8 Å². The van der Waals surface area contributed by atoms with Crippen LogP contribution in [0.25, 0.3) is 0 Å². The van der Waals surface area contributed by atoms with E-state index in [2.05, 4.69) is 10.0 Å². The quantitative estimate of drug-likeness (QED) is 0.885. The maximum atomic E-state index is 12.4. The van der Waals surface area contributed by atoms with E-state index < -0.39 is 10.0 Å². The third kappa shape index (κ3) is 3.78. The molecule has 1 aliphatic carbocycles. The van der Waals surface area contributed by atoms with Gasteiger partial charge in [-0.25, -0.2) is 13.1 Å². The number of carbonyl (C=O) groups is 1. The average Bonchev–Trinajstić information content (AvgIpc) is 3.33. The van der Waals surface area contributed by atoms with Gasteiger partial charge in [0.05, 0.1) is 4.90 Å². The first-order valence-corrected chi connectivity index (χ1v) is 8.93. The van der Waals surface area contributed by atoms with Crippen molar-refractivity contribution in [2.75, 3.05) is 5.32 Å². The Kier molecular flexibility index (Phi) is 4.19. The van der Waals surface area contributed by atoms with Crippen LogP contribution in [0.3, 0.4) is 0 Å². The molecule has 0 aliphatic heterocycles. The molecule has 0 saturated heterocycles. The van der Waals surface area contributed by atoms with Crippen molar-refractivity contribution in [1.82, 2.24) is 4.72 Å². The molecule has 0 atom stereocenters. The summed E-state index contributed by atoms with van der Waals surface area (Å²) < 4.78 is 27.1. The molecule has 5 nitrogen and oxygen atoms in total. The smallest absolute Gasteiger partial charge is 0.255 e. The topological polar surface area (TPSA) is 75.3 Å². The molecule has 0 unspecified atom stereocenters. The molecule has 1 fully saturated rings. The van der Waals surface area contributed by atoms with Gasteiger partial charge in [0, 0.05) is 17.3 Å². The van der Waals surface area contributed by atoms with Crippen LogP contribution in [0.4, 0.5) is 5.69 Å². The molecule has 23 heavy (non-hydrogen) atoms. The lowest BCUT2D eigenvalue weighted by atomic mass is 10.1. The van der Waals surface area contributed by atoms with Crippen LogP contribution < -0.4 is 10.0 Å². The van der Waals surface area contributed by atoms with E-state index in [1.54, 1.807) is 12.1 Å². The van der Waals surface area contributed by atoms with E-state index in [4.69, 9.17) is 0 Å². The Morgan fingerprint density at radius 3 is 2.52 bits per heavy atom. The van der Waals surface area contributed by atoms with Gasteiger partial charge in [-0.15, -0.1) is 0 Å². The molecule has 1 aliphatic rings. The molecule has 3 rings (SSSR count). The van der Waals surface area contributed by atoms with E-state index in [9.17, 15) is 13.2 Å². The Bertz CT molecular complexity index is 842. The van der Waals surface area contributed by atoms with E-state index >= 15 is 0 Å². The lowest BCUT2D eigenvalue weighted by Gasteiger charge is -2.10. The molecule has 0 radical (unpaired) electrons. The zero-order chi connectivity index (χ0) is 16.4. The molecule has 2 aromatic rings. The number of aryl methyl sites for hydroxylation is 1. The standard InChI is InChI=1S/C17H18N2O3S/c1-12-5-2-3-8-16(12)18-17(20)13-6-4-7-15(11-13)23(21,22)19-14-9-10-14/h2-8,11,14,19H,9-10H2,1H3,(H,18,20). The predicted octanol–water partition coefficient (Wildman–Crippen LogP) is 2.69. The fourth-order valence-corrected chi connectivity index (χ4v) is 3.55. The molecular formula is C17H18N2O3S. The molecule has 1 saturated carbocycles. The van der Waals surface area contributed by atoms with Gasteiger partial charge >= 0.3 is 0 Å². The first-order valence-electron chi connectivity index (χ1n) is 7.45. The molecule has 2 aromatic carbocycles. The molecule has 0 spiro atoms. The van der Waals surface area contributed by atoms with E-state index in [0.29, 0.717) is 11.3 Å². The summed E-state index contributed by atoms with van der Waals surface area (Å²) >= 11 is 0. The number of sulfonamides is 1. The highest BCUT2D eigenvalue weighted by Gasteiger charge is 2.28. The summed E-state index contributed by atoms with van der Waals surface area (Å²) in [5, 5.41) is 2.80. The molecule has 0 heterocycles. The second kappa shape index (κ2) is 6.14. The third-order valence-electron chi connectivity index (χ3n) is 3.70. The minimum atomic E-state index is -3.56. The van der Waals surface area contributed by atoms with Gasteiger partial charge in [-0.2, -0.15) is 0 Å². The largest absolute Gasteiger partial charge is 0.322 e. The van der Waals surface area contributed by atoms with Crippen molar-refractivity contribution in [1.29, 1.82) is 0 Å². The molecule has 120 valence electrons. The highest BCUT2D eigenvalue weighted by Crippen LogP contribution is 2.23.